The van der Waals surface area contributed by atoms with E-state index < -0.39 is 6.10 Å². The van der Waals surface area contributed by atoms with Gasteiger partial charge < -0.3 is 9.84 Å². The molecule has 1 rings (SSSR count). The van der Waals surface area contributed by atoms with Crippen LogP contribution in [0.1, 0.15) is 19.8 Å². The van der Waals surface area contributed by atoms with Gasteiger partial charge in [-0.25, -0.2) is 0 Å². The van der Waals surface area contributed by atoms with Crippen molar-refractivity contribution in [1.29, 1.82) is 0 Å². The van der Waals surface area contributed by atoms with Gasteiger partial charge in [0.2, 0.25) is 0 Å². The van der Waals surface area contributed by atoms with Crippen LogP contribution in [0, 0.1) is 0 Å². The van der Waals surface area contributed by atoms with Crippen molar-refractivity contribution >= 4 is 5.97 Å². The molecule has 3 nitrogen and oxygen atoms in total. The number of rotatable bonds is 4. The Labute approximate surface area is 83.3 Å². The zero-order chi connectivity index (χ0) is 10.4. The van der Waals surface area contributed by atoms with Crippen molar-refractivity contribution in [2.75, 3.05) is 0 Å². The number of para-hydroxylation sites is 1. The van der Waals surface area contributed by atoms with Gasteiger partial charge in [-0.3, -0.25) is 4.79 Å². The molecule has 14 heavy (non-hydrogen) atoms. The normalized spacial score (nSPS) is 12.1. The van der Waals surface area contributed by atoms with E-state index >= 15 is 0 Å². The van der Waals surface area contributed by atoms with E-state index in [4.69, 9.17) is 9.84 Å². The fourth-order valence-electron chi connectivity index (χ4n) is 0.998. The highest BCUT2D eigenvalue weighted by molar-refractivity contribution is 5.72. The SMILES string of the molecule is C[C@@H](O)CCC(=O)Oc1ccccc1. The van der Waals surface area contributed by atoms with Crippen molar-refractivity contribution in [2.45, 2.75) is 25.9 Å². The second kappa shape index (κ2) is 5.40. The zero-order valence-electron chi connectivity index (χ0n) is 8.14. The fourth-order valence-corrected chi connectivity index (χ4v) is 0.998. The van der Waals surface area contributed by atoms with Crippen LogP contribution in [0.5, 0.6) is 5.75 Å². The maximum absolute atomic E-state index is 11.2. The minimum absolute atomic E-state index is 0.243. The van der Waals surface area contributed by atoms with Crippen LogP contribution >= 0.6 is 0 Å². The Balaban J connectivity index is 2.35. The molecule has 0 aliphatic carbocycles. The van der Waals surface area contributed by atoms with Crippen molar-refractivity contribution in [1.82, 2.24) is 0 Å². The van der Waals surface area contributed by atoms with Gasteiger partial charge in [0.1, 0.15) is 5.75 Å². The zero-order valence-corrected chi connectivity index (χ0v) is 8.14. The minimum Gasteiger partial charge on any atom is -0.427 e. The number of hydrogen-bond donors (Lipinski definition) is 1. The Kier molecular flexibility index (Phi) is 4.13. The van der Waals surface area contributed by atoms with E-state index in [1.165, 1.54) is 0 Å². The lowest BCUT2D eigenvalue weighted by atomic mass is 10.2. The summed E-state index contributed by atoms with van der Waals surface area (Å²) >= 11 is 0. The van der Waals surface area contributed by atoms with Crippen LogP contribution < -0.4 is 4.74 Å². The van der Waals surface area contributed by atoms with Gasteiger partial charge in [-0.1, -0.05) is 18.2 Å². The lowest BCUT2D eigenvalue weighted by molar-refractivity contribution is -0.134. The molecule has 1 atom stereocenters. The minimum atomic E-state index is -0.460. The quantitative estimate of drug-likeness (QED) is 0.586. The number of carbonyl (C=O) groups is 1. The van der Waals surface area contributed by atoms with E-state index in [0.29, 0.717) is 12.2 Å². The van der Waals surface area contributed by atoms with Crippen molar-refractivity contribution in [3.63, 3.8) is 0 Å². The van der Waals surface area contributed by atoms with Gasteiger partial charge >= 0.3 is 5.97 Å². The van der Waals surface area contributed by atoms with Gasteiger partial charge in [-0.15, -0.1) is 0 Å². The van der Waals surface area contributed by atoms with E-state index in [1.807, 2.05) is 6.07 Å². The number of carbonyl (C=O) groups excluding carboxylic acids is 1. The number of hydrogen-bond acceptors (Lipinski definition) is 3. The predicted octanol–water partition coefficient (Wildman–Crippen LogP) is 1.75. The number of ether oxygens (including phenoxy) is 1. The Morgan fingerprint density at radius 3 is 2.64 bits per heavy atom. The molecule has 3 heteroatoms. The summed E-state index contributed by atoms with van der Waals surface area (Å²) in [5.41, 5.74) is 0. The lowest BCUT2D eigenvalue weighted by Crippen LogP contribution is -2.11. The van der Waals surface area contributed by atoms with Crippen LogP contribution in [0.25, 0.3) is 0 Å². The summed E-state index contributed by atoms with van der Waals surface area (Å²) in [5, 5.41) is 8.96. The lowest BCUT2D eigenvalue weighted by Gasteiger charge is -2.04. The standard InChI is InChI=1S/C11H14O3/c1-9(12)7-8-11(13)14-10-5-3-2-4-6-10/h2-6,9,12H,7-8H2,1H3/t9-/m1/s1. The van der Waals surface area contributed by atoms with E-state index in [1.54, 1.807) is 31.2 Å². The molecule has 0 aliphatic heterocycles. The summed E-state index contributed by atoms with van der Waals surface area (Å²) < 4.78 is 5.01. The highest BCUT2D eigenvalue weighted by atomic mass is 16.5. The largest absolute Gasteiger partial charge is 0.427 e. The summed E-state index contributed by atoms with van der Waals surface area (Å²) in [7, 11) is 0. The summed E-state index contributed by atoms with van der Waals surface area (Å²) in [6, 6.07) is 8.91. The van der Waals surface area contributed by atoms with Gasteiger partial charge in [0.05, 0.1) is 6.10 Å². The van der Waals surface area contributed by atoms with Crippen LogP contribution in [0.4, 0.5) is 0 Å². The summed E-state index contributed by atoms with van der Waals surface area (Å²) in [5.74, 6) is 0.236. The van der Waals surface area contributed by atoms with Gasteiger partial charge in [0.25, 0.3) is 0 Å². The summed E-state index contributed by atoms with van der Waals surface area (Å²) in [6.07, 6.45) is 0.219. The first-order valence-electron chi connectivity index (χ1n) is 4.62. The maximum atomic E-state index is 11.2. The molecule has 0 bridgehead atoms. The first kappa shape index (κ1) is 10.7. The fraction of sp³-hybridized carbons (Fsp3) is 0.364. The summed E-state index contributed by atoms with van der Waals surface area (Å²) in [6.45, 7) is 1.65. The van der Waals surface area contributed by atoms with Crippen LogP contribution in [0.3, 0.4) is 0 Å². The van der Waals surface area contributed by atoms with Crippen molar-refractivity contribution in [2.24, 2.45) is 0 Å². The van der Waals surface area contributed by atoms with Crippen LogP contribution in [0.2, 0.25) is 0 Å². The maximum Gasteiger partial charge on any atom is 0.311 e. The molecule has 0 unspecified atom stereocenters. The molecular formula is C11H14O3. The van der Waals surface area contributed by atoms with E-state index in [-0.39, 0.29) is 12.4 Å². The summed E-state index contributed by atoms with van der Waals surface area (Å²) in [4.78, 5) is 11.2. The Hall–Kier alpha value is -1.35. The highest BCUT2D eigenvalue weighted by Crippen LogP contribution is 2.10. The van der Waals surface area contributed by atoms with Gasteiger partial charge in [-0.2, -0.15) is 0 Å². The van der Waals surface area contributed by atoms with Gasteiger partial charge in [0, 0.05) is 6.42 Å². The van der Waals surface area contributed by atoms with Crippen molar-refractivity contribution in [3.05, 3.63) is 30.3 Å². The van der Waals surface area contributed by atoms with E-state index in [9.17, 15) is 4.79 Å². The number of benzene rings is 1. The molecular weight excluding hydrogens is 180 g/mol. The van der Waals surface area contributed by atoms with Gasteiger partial charge in [-0.05, 0) is 25.5 Å². The number of esters is 1. The first-order chi connectivity index (χ1) is 6.68. The third-order valence-electron chi connectivity index (χ3n) is 1.74. The van der Waals surface area contributed by atoms with Crippen LogP contribution in [-0.2, 0) is 4.79 Å². The molecule has 0 spiro atoms. The van der Waals surface area contributed by atoms with Crippen LogP contribution in [-0.4, -0.2) is 17.2 Å². The molecule has 0 aliphatic rings. The molecule has 0 amide bonds. The molecule has 0 saturated heterocycles. The van der Waals surface area contributed by atoms with Gasteiger partial charge in [0.15, 0.2) is 0 Å². The van der Waals surface area contributed by atoms with Crippen molar-refractivity contribution < 1.29 is 14.6 Å². The average molecular weight is 194 g/mol. The smallest absolute Gasteiger partial charge is 0.311 e. The second-order valence-electron chi connectivity index (χ2n) is 3.17. The van der Waals surface area contributed by atoms with Crippen LogP contribution in [0.15, 0.2) is 30.3 Å². The second-order valence-corrected chi connectivity index (χ2v) is 3.17. The average Bonchev–Trinajstić information content (AvgIpc) is 2.16. The molecule has 76 valence electrons. The number of aliphatic hydroxyl groups excluding tert-OH is 1. The number of aliphatic hydroxyl groups is 1. The van der Waals surface area contributed by atoms with E-state index in [0.717, 1.165) is 0 Å². The monoisotopic (exact) mass is 194 g/mol. The predicted molar refractivity (Wildman–Crippen MR) is 53.0 cm³/mol. The van der Waals surface area contributed by atoms with E-state index in [2.05, 4.69) is 0 Å². The molecule has 1 aromatic carbocycles. The Morgan fingerprint density at radius 2 is 2.07 bits per heavy atom. The third kappa shape index (κ3) is 4.05. The molecule has 1 aromatic rings. The Bertz CT molecular complexity index is 280. The van der Waals surface area contributed by atoms with Crippen molar-refractivity contribution in [3.8, 4) is 5.75 Å². The molecule has 0 fully saturated rings. The molecule has 0 radical (unpaired) electrons. The highest BCUT2D eigenvalue weighted by Gasteiger charge is 2.06. The molecule has 0 aromatic heterocycles. The Morgan fingerprint density at radius 1 is 1.43 bits per heavy atom. The molecule has 1 N–H and O–H groups in total. The first-order valence-corrected chi connectivity index (χ1v) is 4.62. The third-order valence-corrected chi connectivity index (χ3v) is 1.74. The topological polar surface area (TPSA) is 46.5 Å². The molecule has 0 heterocycles. The molecule has 0 saturated carbocycles.